The highest BCUT2D eigenvalue weighted by Crippen LogP contribution is 2.75. The van der Waals surface area contributed by atoms with Crippen molar-refractivity contribution < 1.29 is 93.4 Å². The van der Waals surface area contributed by atoms with Gasteiger partial charge in [0.25, 0.3) is 0 Å². The molecule has 0 bridgehead atoms. The fraction of sp³-hybridized carbons (Fsp3) is 0.449. The third kappa shape index (κ3) is 31.6. The molecule has 0 radical (unpaired) electrons. The minimum Gasteiger partial charge on any atom is -0.481 e. The minimum atomic E-state index is -3.29. The van der Waals surface area contributed by atoms with Crippen LogP contribution in [0.2, 0.25) is 0 Å². The van der Waals surface area contributed by atoms with E-state index in [1.165, 1.54) is 0 Å². The standard InChI is InChI=1S/C16H22NO3P.C16H14O4.C12H18NO3P.2C9H18NO3P.C4H6Br2.2CO2.CH4/c1-4-15-12-16(15,21(18,19-5-2)20-6-3)17-13-14-10-8-7-9-11-14;17-15(18)13(11-7-3-1-4-8-11)14(16(19)20)12-9-5-2-6-10-12;1-3-15-17(14,16-4-2)11-13-10-12-8-6-5-7-9-12;2*1-4-8-7-9(8,10)14(11,12-5-2)13-6-3;5-3-1-2-4-6;2*2-1-3;/h4,7-11,13,15H,1,5-6,12H2,2-3H3;1-10,13-14H,(H,17,18)(H,19,20);5-10H,3-4,11H2,1-2H3;2*4,8H,1,5-7,10H2,2-3H3;1-2H,3-4H2;;;1H4/b;;;;;2-1+;;;/t;13-,14-;;8-,9+;;;;;/m.1.1...../s1. The molecule has 0 amide bonds. The largest absolute Gasteiger partial charge is 0.481 e. The lowest BCUT2D eigenvalue weighted by Gasteiger charge is -2.24. The van der Waals surface area contributed by atoms with Crippen molar-refractivity contribution in [3.05, 3.63) is 194 Å². The highest BCUT2D eigenvalue weighted by molar-refractivity contribution is 9.09. The maximum absolute atomic E-state index is 13.1. The van der Waals surface area contributed by atoms with Crippen molar-refractivity contribution in [3.8, 4) is 0 Å². The van der Waals surface area contributed by atoms with Crippen LogP contribution in [-0.2, 0) is 83.2 Å². The molecule has 4 aromatic rings. The molecule has 550 valence electrons. The van der Waals surface area contributed by atoms with Crippen LogP contribution in [0.3, 0.4) is 0 Å². The van der Waals surface area contributed by atoms with Crippen molar-refractivity contribution in [2.75, 3.05) is 69.8 Å². The van der Waals surface area contributed by atoms with Gasteiger partial charge in [-0.3, -0.25) is 37.8 Å². The summed E-state index contributed by atoms with van der Waals surface area (Å²) in [6, 6.07) is 36.3. The maximum Gasteiger partial charge on any atom is 0.373 e. The minimum absolute atomic E-state index is 0. The van der Waals surface area contributed by atoms with E-state index in [1.807, 2.05) is 74.5 Å². The van der Waals surface area contributed by atoms with E-state index < -0.39 is 70.0 Å². The third-order valence-corrected chi connectivity index (χ3v) is 24.7. The van der Waals surface area contributed by atoms with Crippen LogP contribution >= 0.6 is 62.2 Å². The van der Waals surface area contributed by atoms with Crippen LogP contribution in [0.25, 0.3) is 0 Å². The van der Waals surface area contributed by atoms with Crippen LogP contribution in [0.15, 0.2) is 181 Å². The van der Waals surface area contributed by atoms with Gasteiger partial charge in [-0.2, -0.15) is 19.2 Å². The number of hydrogen-bond donors (Lipinski definition) is 4. The Bertz CT molecular complexity index is 3170. The number of nitrogens with two attached hydrogens (primary N) is 2. The molecule has 3 saturated carbocycles. The highest BCUT2D eigenvalue weighted by atomic mass is 79.9. The summed E-state index contributed by atoms with van der Waals surface area (Å²) >= 11 is 6.49. The highest BCUT2D eigenvalue weighted by Gasteiger charge is 2.68. The molecule has 6 N–H and O–H groups in total. The molecule has 0 saturated heterocycles. The van der Waals surface area contributed by atoms with Crippen LogP contribution in [0, 0.1) is 17.8 Å². The van der Waals surface area contributed by atoms with E-state index in [0.29, 0.717) is 83.2 Å². The van der Waals surface area contributed by atoms with Gasteiger partial charge in [0.2, 0.25) is 0 Å². The molecule has 4 aromatic carbocycles. The van der Waals surface area contributed by atoms with E-state index >= 15 is 0 Å². The summed E-state index contributed by atoms with van der Waals surface area (Å²) in [6.45, 7) is 28.2. The predicted molar refractivity (Wildman–Crippen MR) is 395 cm³/mol. The fourth-order valence-electron chi connectivity index (χ4n) is 9.12. The lowest BCUT2D eigenvalue weighted by atomic mass is 9.81. The van der Waals surface area contributed by atoms with Crippen molar-refractivity contribution in [1.29, 1.82) is 0 Å². The topological polar surface area (TPSA) is 362 Å². The Morgan fingerprint density at radius 1 is 0.505 bits per heavy atom. The van der Waals surface area contributed by atoms with Gasteiger partial charge in [-0.1, -0.05) is 191 Å². The number of carboxylic acids is 2. The van der Waals surface area contributed by atoms with E-state index in [4.69, 9.17) is 66.8 Å². The Balaban J connectivity index is 0. The number of carboxylic acid groups (broad SMARTS) is 2. The smallest absolute Gasteiger partial charge is 0.373 e. The van der Waals surface area contributed by atoms with E-state index in [0.717, 1.165) is 21.8 Å². The van der Waals surface area contributed by atoms with Gasteiger partial charge in [0.05, 0.1) is 64.7 Å². The number of carbonyl (C=O) groups is 2. The van der Waals surface area contributed by atoms with Crippen LogP contribution in [-0.4, -0.2) is 133 Å². The summed E-state index contributed by atoms with van der Waals surface area (Å²) in [6.07, 6.45) is 15.2. The predicted octanol–water partition coefficient (Wildman–Crippen LogP) is 16.4. The summed E-state index contributed by atoms with van der Waals surface area (Å²) in [7, 11) is -12.7. The van der Waals surface area contributed by atoms with Gasteiger partial charge < -0.3 is 57.9 Å². The summed E-state index contributed by atoms with van der Waals surface area (Å²) in [4.78, 5) is 64.3. The number of alkyl halides is 2. The SMILES string of the molecule is BrC/C=C/CBr.C.C=CC1CC1(N)P(=O)(OCC)OCC.C=CC1CC1(N=Cc1ccccc1)P(=O)(OCC)OCC.C=C[C@@H]1C[C@]1(N)P(=O)(OCC)OCC.CCOP(=O)(CN=Cc1ccccc1)OCC.O=C(O)[C@H](c1ccccc1)[C@H](C(=O)O)c1ccccc1.O=C=O.O=C=O. The summed E-state index contributed by atoms with van der Waals surface area (Å²) in [5.41, 5.74) is 14.8. The molecule has 0 aliphatic heterocycles. The number of hydrogen-bond acceptors (Lipinski definition) is 22. The molecule has 3 aliphatic rings. The van der Waals surface area contributed by atoms with Gasteiger partial charge in [0, 0.05) is 40.8 Å². The molecule has 8 atom stereocenters. The van der Waals surface area contributed by atoms with Crippen LogP contribution in [0.1, 0.15) is 116 Å². The van der Waals surface area contributed by atoms with Gasteiger partial charge in [-0.15, -0.1) is 19.7 Å². The summed E-state index contributed by atoms with van der Waals surface area (Å²) < 4.78 is 91.6. The second-order valence-corrected chi connectivity index (χ2v) is 30.7. The number of aliphatic imine (C=N–C) groups is 2. The van der Waals surface area contributed by atoms with Crippen molar-refractivity contribution in [2.45, 2.75) is 110 Å². The molecule has 4 unspecified atom stereocenters. The van der Waals surface area contributed by atoms with Gasteiger partial charge in [0.1, 0.15) is 16.8 Å². The first-order valence-corrected chi connectivity index (χ1v) is 39.8. The van der Waals surface area contributed by atoms with Gasteiger partial charge in [0.15, 0.2) is 5.28 Å². The molecule has 0 heterocycles. The molecule has 0 spiro atoms. The lowest BCUT2D eigenvalue weighted by molar-refractivity contribution is -0.193. The third-order valence-electron chi connectivity index (χ3n) is 13.9. The van der Waals surface area contributed by atoms with Gasteiger partial charge in [-0.25, -0.2) is 0 Å². The molecule has 30 heteroatoms. The molecule has 3 fully saturated rings. The number of benzene rings is 4. The van der Waals surface area contributed by atoms with E-state index in [2.05, 4.69) is 73.7 Å². The zero-order valence-corrected chi connectivity index (χ0v) is 63.6. The number of aliphatic carboxylic acids is 2. The van der Waals surface area contributed by atoms with E-state index in [9.17, 15) is 38.1 Å². The lowest BCUT2D eigenvalue weighted by Crippen LogP contribution is -2.27. The zero-order valence-electron chi connectivity index (χ0n) is 56.8. The van der Waals surface area contributed by atoms with Crippen LogP contribution < -0.4 is 11.5 Å². The molecule has 3 aliphatic carbocycles. The normalized spacial score (nSPS) is 19.8. The average molecular weight is 1590 g/mol. The van der Waals surface area contributed by atoms with E-state index in [1.54, 1.807) is 133 Å². The first-order chi connectivity index (χ1) is 46.7. The summed E-state index contributed by atoms with van der Waals surface area (Å²) in [5, 5.41) is 18.3. The van der Waals surface area contributed by atoms with Crippen LogP contribution in [0.5, 0.6) is 0 Å². The quantitative estimate of drug-likeness (QED) is 0.0146. The van der Waals surface area contributed by atoms with Gasteiger partial charge >= 0.3 is 54.6 Å². The number of rotatable bonds is 34. The Labute approximate surface area is 601 Å². The fourth-order valence-corrected chi connectivity index (χ4v) is 17.6. The molecular formula is C69H100Br2N4O20P4. The number of allylic oxidation sites excluding steroid dienone is 2. The molecular weight excluding hydrogens is 1490 g/mol. The zero-order chi connectivity index (χ0) is 74.3. The molecule has 0 aromatic heterocycles. The monoisotopic (exact) mass is 1590 g/mol. The van der Waals surface area contributed by atoms with E-state index in [-0.39, 0.29) is 43.8 Å². The Morgan fingerprint density at radius 2 is 0.788 bits per heavy atom. The molecule has 24 nitrogen and oxygen atoms in total. The Kier molecular flexibility index (Phi) is 49.6. The first-order valence-electron chi connectivity index (χ1n) is 31.2. The maximum atomic E-state index is 13.1. The second kappa shape index (κ2) is 51.5. The van der Waals surface area contributed by atoms with Crippen molar-refractivity contribution in [3.63, 3.8) is 0 Å². The first kappa shape index (κ1) is 95.4. The molecule has 99 heavy (non-hydrogen) atoms. The van der Waals surface area contributed by atoms with Crippen molar-refractivity contribution >= 4 is 98.9 Å². The second-order valence-electron chi connectivity index (χ2n) is 20.4. The Morgan fingerprint density at radius 3 is 1.04 bits per heavy atom. The molecule has 7 rings (SSSR count). The van der Waals surface area contributed by atoms with Gasteiger partial charge in [-0.05, 0) is 96.9 Å². The van der Waals surface area contributed by atoms with Crippen LogP contribution in [0.4, 0.5) is 0 Å². The number of carbonyl (C=O) groups excluding carboxylic acids is 4. The van der Waals surface area contributed by atoms with Crippen molar-refractivity contribution in [2.24, 2.45) is 39.2 Å². The summed E-state index contributed by atoms with van der Waals surface area (Å²) in [5.74, 6) is -4.40. The Hall–Kier alpha value is -5.64. The average Bonchev–Trinajstić information content (AvgIpc) is 1.58. The number of nitrogens with zero attached hydrogens (tertiary/aromatic N) is 2. The van der Waals surface area contributed by atoms with Crippen molar-refractivity contribution in [1.82, 2.24) is 0 Å². The number of halogens is 2.